The first-order valence-corrected chi connectivity index (χ1v) is 9.93. The summed E-state index contributed by atoms with van der Waals surface area (Å²) in [7, 11) is 1.23. The Labute approximate surface area is 193 Å². The summed E-state index contributed by atoms with van der Waals surface area (Å²) in [5.41, 5.74) is 0.447. The summed E-state index contributed by atoms with van der Waals surface area (Å²) < 4.78 is 21.5. The molecule has 0 aliphatic carbocycles. The fourth-order valence-electron chi connectivity index (χ4n) is 2.60. The van der Waals surface area contributed by atoms with Crippen molar-refractivity contribution < 1.29 is 28.7 Å². The molecule has 32 heavy (non-hydrogen) atoms. The van der Waals surface area contributed by atoms with Crippen molar-refractivity contribution in [3.63, 3.8) is 0 Å². The average Bonchev–Trinajstić information content (AvgIpc) is 2.78. The highest BCUT2D eigenvalue weighted by molar-refractivity contribution is 6.37. The van der Waals surface area contributed by atoms with E-state index in [0.29, 0.717) is 5.02 Å². The Morgan fingerprint density at radius 2 is 1.72 bits per heavy atom. The van der Waals surface area contributed by atoms with Crippen molar-refractivity contribution in [2.45, 2.75) is 6.92 Å². The smallest absolute Gasteiger partial charge is 0.343 e. The summed E-state index contributed by atoms with van der Waals surface area (Å²) in [4.78, 5) is 22.3. The van der Waals surface area contributed by atoms with Crippen LogP contribution in [-0.2, 0) is 9.53 Å². The van der Waals surface area contributed by atoms with Crippen LogP contribution in [0, 0.1) is 17.0 Å². The quantitative estimate of drug-likeness (QED) is 0.212. The summed E-state index contributed by atoms with van der Waals surface area (Å²) in [6.45, 7) is 1.44. The highest BCUT2D eigenvalue weighted by Crippen LogP contribution is 2.42. The molecule has 0 heterocycles. The topological polar surface area (TPSA) is 97.1 Å². The first kappa shape index (κ1) is 23.2. The number of ether oxygens (including phenoxy) is 4. The van der Waals surface area contributed by atoms with Gasteiger partial charge in [0.05, 0.1) is 22.1 Å². The molecule has 166 valence electrons. The van der Waals surface area contributed by atoms with Crippen LogP contribution in [0.2, 0.25) is 10.0 Å². The van der Waals surface area contributed by atoms with Gasteiger partial charge in [-0.1, -0.05) is 41.4 Å². The number of methoxy groups -OCH3 is 1. The number of rotatable bonds is 8. The second-order valence-corrected chi connectivity index (χ2v) is 7.19. The molecule has 0 amide bonds. The molecule has 0 aliphatic rings. The molecule has 3 aromatic carbocycles. The van der Waals surface area contributed by atoms with Crippen molar-refractivity contribution in [2.75, 3.05) is 13.7 Å². The molecule has 0 aliphatic heterocycles. The van der Waals surface area contributed by atoms with E-state index in [2.05, 4.69) is 4.74 Å². The van der Waals surface area contributed by atoms with Gasteiger partial charge < -0.3 is 18.9 Å². The second kappa shape index (κ2) is 10.2. The summed E-state index contributed by atoms with van der Waals surface area (Å²) in [5, 5.41) is 12.1. The number of nitrogens with zero attached hydrogens (tertiary/aromatic N) is 1. The Bertz CT molecular complexity index is 1170. The predicted molar refractivity (Wildman–Crippen MR) is 118 cm³/mol. The van der Waals surface area contributed by atoms with E-state index >= 15 is 0 Å². The van der Waals surface area contributed by atoms with Crippen molar-refractivity contribution in [3.05, 3.63) is 80.3 Å². The fraction of sp³-hybridized carbons (Fsp3) is 0.136. The number of aryl methyl sites for hydroxylation is 1. The first-order valence-electron chi connectivity index (χ1n) is 9.17. The third-order valence-corrected chi connectivity index (χ3v) is 5.00. The number of esters is 1. The molecular formula is C22H17Cl2NO7. The van der Waals surface area contributed by atoms with E-state index in [1.54, 1.807) is 37.3 Å². The minimum absolute atomic E-state index is 0.110. The lowest BCUT2D eigenvalue weighted by Gasteiger charge is -2.14. The van der Waals surface area contributed by atoms with Crippen molar-refractivity contribution in [2.24, 2.45) is 0 Å². The zero-order valence-corrected chi connectivity index (χ0v) is 18.5. The maximum absolute atomic E-state index is 11.5. The van der Waals surface area contributed by atoms with Crippen LogP contribution in [-0.4, -0.2) is 24.6 Å². The zero-order valence-electron chi connectivity index (χ0n) is 17.0. The van der Waals surface area contributed by atoms with Gasteiger partial charge in [-0.25, -0.2) is 4.79 Å². The molecule has 0 saturated carbocycles. The number of nitro benzene ring substituents is 1. The number of hydrogen-bond acceptors (Lipinski definition) is 7. The predicted octanol–water partition coefficient (Wildman–Crippen LogP) is 6.35. The minimum Gasteiger partial charge on any atom is -0.478 e. The van der Waals surface area contributed by atoms with E-state index in [1.165, 1.54) is 31.4 Å². The maximum Gasteiger partial charge on any atom is 0.343 e. The number of para-hydroxylation sites is 2. The van der Waals surface area contributed by atoms with Gasteiger partial charge in [0, 0.05) is 12.1 Å². The van der Waals surface area contributed by atoms with Gasteiger partial charge in [-0.2, -0.15) is 0 Å². The van der Waals surface area contributed by atoms with Gasteiger partial charge in [-0.05, 0) is 36.8 Å². The molecular weight excluding hydrogens is 461 g/mol. The Morgan fingerprint density at radius 1 is 1.00 bits per heavy atom. The summed E-state index contributed by atoms with van der Waals surface area (Å²) in [6.07, 6.45) is 0. The highest BCUT2D eigenvalue weighted by Gasteiger charge is 2.20. The maximum atomic E-state index is 11.5. The number of halogens is 2. The number of carbonyl (C=O) groups excluding carboxylic acids is 1. The minimum atomic E-state index is -0.594. The van der Waals surface area contributed by atoms with E-state index in [4.69, 9.17) is 37.4 Å². The number of carbonyl (C=O) groups is 1. The molecule has 0 atom stereocenters. The highest BCUT2D eigenvalue weighted by atomic mass is 35.5. The van der Waals surface area contributed by atoms with Gasteiger partial charge in [-0.3, -0.25) is 10.1 Å². The standard InChI is InChI=1S/C22H17Cl2NO7/c1-13-7-9-15(23)22(21(13)24)31-14-8-10-16(25(27)28)19(11-14)32-18-6-4-3-5-17(18)30-12-20(26)29-2/h3-11H,12H2,1-2H3. The molecule has 8 nitrogen and oxygen atoms in total. The molecule has 10 heteroatoms. The molecule has 0 radical (unpaired) electrons. The lowest BCUT2D eigenvalue weighted by Crippen LogP contribution is -2.12. The van der Waals surface area contributed by atoms with Crippen LogP contribution in [0.1, 0.15) is 5.56 Å². The van der Waals surface area contributed by atoms with E-state index in [9.17, 15) is 14.9 Å². The van der Waals surface area contributed by atoms with Gasteiger partial charge in [0.15, 0.2) is 23.9 Å². The number of nitro groups is 1. The van der Waals surface area contributed by atoms with Gasteiger partial charge in [-0.15, -0.1) is 0 Å². The largest absolute Gasteiger partial charge is 0.478 e. The van der Waals surface area contributed by atoms with Crippen LogP contribution < -0.4 is 14.2 Å². The normalized spacial score (nSPS) is 10.4. The lowest BCUT2D eigenvalue weighted by molar-refractivity contribution is -0.385. The van der Waals surface area contributed by atoms with Crippen LogP contribution in [0.3, 0.4) is 0 Å². The van der Waals surface area contributed by atoms with Crippen molar-refractivity contribution >= 4 is 34.9 Å². The van der Waals surface area contributed by atoms with Crippen molar-refractivity contribution in [1.82, 2.24) is 0 Å². The molecule has 0 saturated heterocycles. The van der Waals surface area contributed by atoms with Crippen LogP contribution in [0.25, 0.3) is 0 Å². The van der Waals surface area contributed by atoms with Gasteiger partial charge in [0.25, 0.3) is 0 Å². The Hall–Kier alpha value is -3.49. The molecule has 0 N–H and O–H groups in total. The van der Waals surface area contributed by atoms with E-state index in [1.807, 2.05) is 0 Å². The third-order valence-electron chi connectivity index (χ3n) is 4.23. The van der Waals surface area contributed by atoms with E-state index in [-0.39, 0.29) is 46.1 Å². The van der Waals surface area contributed by atoms with Crippen LogP contribution >= 0.6 is 23.2 Å². The van der Waals surface area contributed by atoms with Crippen LogP contribution in [0.4, 0.5) is 5.69 Å². The Morgan fingerprint density at radius 3 is 2.41 bits per heavy atom. The van der Waals surface area contributed by atoms with Crippen LogP contribution in [0.15, 0.2) is 54.6 Å². The van der Waals surface area contributed by atoms with Crippen molar-refractivity contribution in [3.8, 4) is 28.7 Å². The molecule has 0 spiro atoms. The first-order chi connectivity index (χ1) is 15.3. The average molecular weight is 478 g/mol. The molecule has 0 fully saturated rings. The van der Waals surface area contributed by atoms with E-state index in [0.717, 1.165) is 5.56 Å². The lowest BCUT2D eigenvalue weighted by atomic mass is 10.2. The van der Waals surface area contributed by atoms with Gasteiger partial charge in [0.1, 0.15) is 5.75 Å². The molecule has 0 aromatic heterocycles. The van der Waals surface area contributed by atoms with E-state index < -0.39 is 10.9 Å². The Kier molecular flexibility index (Phi) is 7.40. The number of hydrogen-bond donors (Lipinski definition) is 0. The van der Waals surface area contributed by atoms with Crippen LogP contribution in [0.5, 0.6) is 28.7 Å². The third kappa shape index (κ3) is 5.40. The Balaban J connectivity index is 1.94. The molecule has 0 unspecified atom stereocenters. The zero-order chi connectivity index (χ0) is 23.3. The van der Waals surface area contributed by atoms with Crippen molar-refractivity contribution in [1.29, 1.82) is 0 Å². The number of benzene rings is 3. The summed E-state index contributed by atoms with van der Waals surface area (Å²) in [6, 6.07) is 13.8. The molecule has 3 aromatic rings. The van der Waals surface area contributed by atoms with Gasteiger partial charge in [0.2, 0.25) is 5.75 Å². The summed E-state index contributed by atoms with van der Waals surface area (Å²) in [5.74, 6) is 0.0871. The van der Waals surface area contributed by atoms with Gasteiger partial charge >= 0.3 is 11.7 Å². The molecule has 3 rings (SSSR count). The second-order valence-electron chi connectivity index (χ2n) is 6.41. The molecule has 0 bridgehead atoms. The fourth-order valence-corrected chi connectivity index (χ4v) is 3.05. The summed E-state index contributed by atoms with van der Waals surface area (Å²) >= 11 is 12.5. The SMILES string of the molecule is COC(=O)COc1ccccc1Oc1cc(Oc2c(Cl)ccc(C)c2Cl)ccc1[N+](=O)[O-]. The monoisotopic (exact) mass is 477 g/mol.